The number of carbonyl (C=O) groups excluding carboxylic acids is 1. The van der Waals surface area contributed by atoms with E-state index in [2.05, 4.69) is 29.7 Å². The standard InChI is InChI=1S/C24H38N2O3/c1-3-18-11-12-20(29-2)15-21(18)23(19-9-5-4-6-10-19)26-22(27)16-25-17-24(28)13-7-8-14-24/h11-12,15,19,23,25,28H,3-10,13-14,16-17H2,1-2H3,(H,26,27). The molecule has 2 aliphatic carbocycles. The highest BCUT2D eigenvalue weighted by atomic mass is 16.5. The highest BCUT2D eigenvalue weighted by Gasteiger charge is 2.31. The number of amides is 1. The first kappa shape index (κ1) is 22.1. The van der Waals surface area contributed by atoms with Crippen molar-refractivity contribution in [2.75, 3.05) is 20.2 Å². The second-order valence-corrected chi connectivity index (χ2v) is 8.90. The van der Waals surface area contributed by atoms with E-state index in [0.29, 0.717) is 12.5 Å². The molecule has 0 saturated heterocycles. The molecule has 2 aliphatic rings. The van der Waals surface area contributed by atoms with Gasteiger partial charge in [-0.05, 0) is 61.3 Å². The van der Waals surface area contributed by atoms with Crippen LogP contribution in [-0.4, -0.2) is 36.8 Å². The fourth-order valence-corrected chi connectivity index (χ4v) is 5.07. The summed E-state index contributed by atoms with van der Waals surface area (Å²) in [5.74, 6) is 1.31. The molecular formula is C24H38N2O3. The van der Waals surface area contributed by atoms with Crippen LogP contribution in [0.3, 0.4) is 0 Å². The molecule has 0 spiro atoms. The average Bonchev–Trinajstić information content (AvgIpc) is 3.18. The van der Waals surface area contributed by atoms with Gasteiger partial charge in [0.15, 0.2) is 0 Å². The van der Waals surface area contributed by atoms with Crippen LogP contribution in [0.4, 0.5) is 0 Å². The maximum atomic E-state index is 12.8. The Balaban J connectivity index is 1.69. The number of methoxy groups -OCH3 is 1. The molecular weight excluding hydrogens is 364 g/mol. The van der Waals surface area contributed by atoms with Crippen molar-refractivity contribution in [3.8, 4) is 5.75 Å². The van der Waals surface area contributed by atoms with Gasteiger partial charge in [0.05, 0.1) is 25.3 Å². The van der Waals surface area contributed by atoms with E-state index in [1.807, 2.05) is 6.07 Å². The van der Waals surface area contributed by atoms with Crippen LogP contribution >= 0.6 is 0 Å². The summed E-state index contributed by atoms with van der Waals surface area (Å²) in [6.45, 7) is 2.90. The lowest BCUT2D eigenvalue weighted by atomic mass is 9.79. The molecule has 3 rings (SSSR count). The lowest BCUT2D eigenvalue weighted by molar-refractivity contribution is -0.121. The summed E-state index contributed by atoms with van der Waals surface area (Å²) in [5.41, 5.74) is 1.84. The molecule has 1 amide bonds. The molecule has 2 fully saturated rings. The summed E-state index contributed by atoms with van der Waals surface area (Å²) < 4.78 is 5.48. The number of hydrogen-bond donors (Lipinski definition) is 3. The van der Waals surface area contributed by atoms with E-state index >= 15 is 0 Å². The summed E-state index contributed by atoms with van der Waals surface area (Å²) in [5, 5.41) is 17.0. The molecule has 29 heavy (non-hydrogen) atoms. The van der Waals surface area contributed by atoms with Crippen molar-refractivity contribution in [1.82, 2.24) is 10.6 Å². The number of rotatable bonds is 9. The molecule has 1 unspecified atom stereocenters. The van der Waals surface area contributed by atoms with Gasteiger partial charge in [-0.3, -0.25) is 4.79 Å². The minimum atomic E-state index is -0.634. The van der Waals surface area contributed by atoms with Crippen molar-refractivity contribution in [3.63, 3.8) is 0 Å². The Morgan fingerprint density at radius 1 is 1.21 bits per heavy atom. The topological polar surface area (TPSA) is 70.6 Å². The van der Waals surface area contributed by atoms with Gasteiger partial charge in [0.2, 0.25) is 5.91 Å². The van der Waals surface area contributed by atoms with Gasteiger partial charge in [-0.15, -0.1) is 0 Å². The second kappa shape index (κ2) is 10.4. The van der Waals surface area contributed by atoms with E-state index in [-0.39, 0.29) is 18.5 Å². The van der Waals surface area contributed by atoms with Crippen LogP contribution < -0.4 is 15.4 Å². The van der Waals surface area contributed by atoms with Crippen LogP contribution in [-0.2, 0) is 11.2 Å². The molecule has 1 atom stereocenters. The fraction of sp³-hybridized carbons (Fsp3) is 0.708. The largest absolute Gasteiger partial charge is 0.497 e. The molecule has 0 aromatic heterocycles. The number of carbonyl (C=O) groups is 1. The predicted octanol–water partition coefficient (Wildman–Crippen LogP) is 3.89. The van der Waals surface area contributed by atoms with Crippen LogP contribution in [0.1, 0.15) is 81.9 Å². The molecule has 0 bridgehead atoms. The van der Waals surface area contributed by atoms with Crippen LogP contribution in [0.15, 0.2) is 18.2 Å². The van der Waals surface area contributed by atoms with Gasteiger partial charge in [-0.2, -0.15) is 0 Å². The third kappa shape index (κ3) is 5.95. The zero-order valence-corrected chi connectivity index (χ0v) is 18.1. The highest BCUT2D eigenvalue weighted by molar-refractivity contribution is 5.78. The van der Waals surface area contributed by atoms with Gasteiger partial charge in [-0.25, -0.2) is 0 Å². The van der Waals surface area contributed by atoms with Crippen molar-refractivity contribution in [1.29, 1.82) is 0 Å². The summed E-state index contributed by atoms with van der Waals surface area (Å²) in [6.07, 6.45) is 10.8. The SMILES string of the molecule is CCc1ccc(OC)cc1C(NC(=O)CNCC1(O)CCCC1)C1CCCCC1. The first-order valence-corrected chi connectivity index (χ1v) is 11.4. The van der Waals surface area contributed by atoms with Crippen LogP contribution in [0.2, 0.25) is 0 Å². The molecule has 0 radical (unpaired) electrons. The zero-order chi connectivity index (χ0) is 20.7. The lowest BCUT2D eigenvalue weighted by Crippen LogP contribution is -2.44. The monoisotopic (exact) mass is 402 g/mol. The van der Waals surface area contributed by atoms with Crippen molar-refractivity contribution in [3.05, 3.63) is 29.3 Å². The van der Waals surface area contributed by atoms with Gasteiger partial charge >= 0.3 is 0 Å². The average molecular weight is 403 g/mol. The molecule has 1 aromatic rings. The van der Waals surface area contributed by atoms with Crippen molar-refractivity contribution in [2.24, 2.45) is 5.92 Å². The minimum absolute atomic E-state index is 0.00652. The van der Waals surface area contributed by atoms with Crippen molar-refractivity contribution in [2.45, 2.75) is 82.8 Å². The van der Waals surface area contributed by atoms with Gasteiger partial charge < -0.3 is 20.5 Å². The van der Waals surface area contributed by atoms with Gasteiger partial charge in [-0.1, -0.05) is 45.1 Å². The summed E-state index contributed by atoms with van der Waals surface area (Å²) >= 11 is 0. The Labute approximate surface area is 175 Å². The van der Waals surface area contributed by atoms with E-state index < -0.39 is 5.60 Å². The van der Waals surface area contributed by atoms with E-state index in [1.54, 1.807) is 7.11 Å². The number of aryl methyl sites for hydroxylation is 1. The first-order valence-electron chi connectivity index (χ1n) is 11.4. The van der Waals surface area contributed by atoms with Crippen molar-refractivity contribution < 1.29 is 14.6 Å². The Kier molecular flexibility index (Phi) is 7.96. The zero-order valence-electron chi connectivity index (χ0n) is 18.1. The van der Waals surface area contributed by atoms with Gasteiger partial charge in [0, 0.05) is 6.54 Å². The fourth-order valence-electron chi connectivity index (χ4n) is 5.07. The molecule has 0 aliphatic heterocycles. The molecule has 162 valence electrons. The summed E-state index contributed by atoms with van der Waals surface area (Å²) in [4.78, 5) is 12.8. The number of aliphatic hydroxyl groups is 1. The van der Waals surface area contributed by atoms with Gasteiger partial charge in [0.1, 0.15) is 5.75 Å². The Bertz CT molecular complexity index is 664. The van der Waals surface area contributed by atoms with Crippen LogP contribution in [0.5, 0.6) is 5.75 Å². The molecule has 0 heterocycles. The van der Waals surface area contributed by atoms with E-state index in [9.17, 15) is 9.90 Å². The maximum absolute atomic E-state index is 12.8. The highest BCUT2D eigenvalue weighted by Crippen LogP contribution is 2.37. The molecule has 1 aromatic carbocycles. The van der Waals surface area contributed by atoms with E-state index in [4.69, 9.17) is 4.74 Å². The molecule has 3 N–H and O–H groups in total. The lowest BCUT2D eigenvalue weighted by Gasteiger charge is -2.33. The Morgan fingerprint density at radius 2 is 1.93 bits per heavy atom. The third-order valence-corrected chi connectivity index (χ3v) is 6.78. The van der Waals surface area contributed by atoms with Crippen molar-refractivity contribution >= 4 is 5.91 Å². The maximum Gasteiger partial charge on any atom is 0.234 e. The number of nitrogens with one attached hydrogen (secondary N) is 2. The van der Waals surface area contributed by atoms with Gasteiger partial charge in [0.25, 0.3) is 0 Å². The number of benzene rings is 1. The first-order chi connectivity index (χ1) is 14.0. The predicted molar refractivity (Wildman–Crippen MR) is 116 cm³/mol. The second-order valence-electron chi connectivity index (χ2n) is 8.90. The normalized spacial score (nSPS) is 20.4. The Morgan fingerprint density at radius 3 is 2.59 bits per heavy atom. The molecule has 5 heteroatoms. The third-order valence-electron chi connectivity index (χ3n) is 6.78. The van der Waals surface area contributed by atoms with E-state index in [1.165, 1.54) is 30.4 Å². The van der Waals surface area contributed by atoms with E-state index in [0.717, 1.165) is 50.7 Å². The van der Waals surface area contributed by atoms with Crippen LogP contribution in [0, 0.1) is 5.92 Å². The Hall–Kier alpha value is -1.59. The summed E-state index contributed by atoms with van der Waals surface area (Å²) in [6, 6.07) is 6.26. The summed E-state index contributed by atoms with van der Waals surface area (Å²) in [7, 11) is 1.69. The number of ether oxygens (including phenoxy) is 1. The molecule has 5 nitrogen and oxygen atoms in total. The quantitative estimate of drug-likeness (QED) is 0.586. The molecule has 2 saturated carbocycles. The minimum Gasteiger partial charge on any atom is -0.497 e. The number of hydrogen-bond acceptors (Lipinski definition) is 4. The smallest absolute Gasteiger partial charge is 0.234 e. The van der Waals surface area contributed by atoms with Crippen LogP contribution in [0.25, 0.3) is 0 Å².